The second-order valence-electron chi connectivity index (χ2n) is 3.20. The van der Waals surface area contributed by atoms with Crippen LogP contribution in [0.2, 0.25) is 15.1 Å². The third kappa shape index (κ3) is 3.86. The summed E-state index contributed by atoms with van der Waals surface area (Å²) in [6.45, 7) is 0. The van der Waals surface area contributed by atoms with Crippen molar-refractivity contribution in [1.82, 2.24) is 0 Å². The number of carbonyl (C=O) groups excluding carboxylic acids is 2. The number of rotatable bonds is 3. The van der Waals surface area contributed by atoms with Crippen LogP contribution in [0.3, 0.4) is 0 Å². The number of hydrogen-bond donors (Lipinski definition) is 2. The van der Waals surface area contributed by atoms with Gasteiger partial charge in [-0.05, 0) is 0 Å². The van der Waals surface area contributed by atoms with Crippen LogP contribution in [-0.2, 0) is 10.1 Å². The molecule has 12 heteroatoms. The fourth-order valence-electron chi connectivity index (χ4n) is 1.31. The molecule has 0 aliphatic heterocycles. The van der Waals surface area contributed by atoms with E-state index in [-0.39, 0.29) is 51.4 Å². The Bertz CT molecular complexity index is 707. The number of nitrogens with two attached hydrogens (primary N) is 2. The molecule has 7 nitrogen and oxygen atoms in total. The molecular formula is C8H4Cl3KN2O5S. The number of carbonyl (C=O) groups is 2. The van der Waals surface area contributed by atoms with Crippen molar-refractivity contribution in [1.29, 1.82) is 0 Å². The molecule has 0 fully saturated rings. The van der Waals surface area contributed by atoms with Gasteiger partial charge < -0.3 is 16.0 Å². The molecule has 1 aromatic rings. The third-order valence-electron chi connectivity index (χ3n) is 2.02. The Kier molecular flexibility index (Phi) is 7.43. The summed E-state index contributed by atoms with van der Waals surface area (Å²) in [6.07, 6.45) is 0. The predicted octanol–water partition coefficient (Wildman–Crippen LogP) is -2.25. The molecule has 0 saturated carbocycles. The molecule has 0 heterocycles. The maximum absolute atomic E-state index is 11.2. The summed E-state index contributed by atoms with van der Waals surface area (Å²) < 4.78 is 33.3. The molecule has 0 aliphatic rings. The van der Waals surface area contributed by atoms with E-state index in [2.05, 4.69) is 0 Å². The summed E-state index contributed by atoms with van der Waals surface area (Å²) in [5.74, 6) is -2.55. The molecule has 0 atom stereocenters. The molecule has 0 radical (unpaired) electrons. The molecule has 0 aliphatic carbocycles. The smallest absolute Gasteiger partial charge is 0.744 e. The van der Waals surface area contributed by atoms with Crippen molar-refractivity contribution in [2.45, 2.75) is 4.90 Å². The van der Waals surface area contributed by atoms with Gasteiger partial charge in [-0.3, -0.25) is 9.59 Å². The first-order valence-electron chi connectivity index (χ1n) is 4.26. The minimum atomic E-state index is -5.20. The predicted molar refractivity (Wildman–Crippen MR) is 66.5 cm³/mol. The summed E-state index contributed by atoms with van der Waals surface area (Å²) in [5, 5.41) is -2.24. The van der Waals surface area contributed by atoms with Gasteiger partial charge in [-0.15, -0.1) is 0 Å². The molecule has 20 heavy (non-hydrogen) atoms. The van der Waals surface area contributed by atoms with Gasteiger partial charge in [0, 0.05) is 0 Å². The Balaban J connectivity index is 0.00000361. The van der Waals surface area contributed by atoms with Crippen LogP contribution in [0.4, 0.5) is 0 Å². The van der Waals surface area contributed by atoms with Gasteiger partial charge in [-0.1, -0.05) is 34.8 Å². The number of amides is 2. The number of hydrogen-bond acceptors (Lipinski definition) is 5. The van der Waals surface area contributed by atoms with Crippen LogP contribution in [0.1, 0.15) is 20.7 Å². The van der Waals surface area contributed by atoms with Crippen molar-refractivity contribution in [3.05, 3.63) is 26.2 Å². The topological polar surface area (TPSA) is 143 Å². The average molecular weight is 386 g/mol. The molecule has 2 amide bonds. The Labute approximate surface area is 171 Å². The van der Waals surface area contributed by atoms with Crippen LogP contribution in [0, 0.1) is 0 Å². The van der Waals surface area contributed by atoms with E-state index in [0.29, 0.717) is 0 Å². The van der Waals surface area contributed by atoms with Gasteiger partial charge >= 0.3 is 51.4 Å². The Morgan fingerprint density at radius 1 is 0.900 bits per heavy atom. The van der Waals surface area contributed by atoms with E-state index in [0.717, 1.165) is 0 Å². The number of benzene rings is 1. The summed E-state index contributed by atoms with van der Waals surface area (Å²) in [4.78, 5) is 21.2. The summed E-state index contributed by atoms with van der Waals surface area (Å²) in [6, 6.07) is 0. The van der Waals surface area contributed by atoms with Gasteiger partial charge in [0.2, 0.25) is 0 Å². The maximum atomic E-state index is 11.2. The van der Waals surface area contributed by atoms with E-state index in [1.54, 1.807) is 0 Å². The SMILES string of the molecule is NC(=O)c1c(Cl)c(Cl)c(S(=O)(=O)[O-])c(C(N)=O)c1Cl.[K+]. The summed E-state index contributed by atoms with van der Waals surface area (Å²) in [7, 11) is -5.20. The fourth-order valence-corrected chi connectivity index (χ4v) is 3.38. The molecule has 1 aromatic carbocycles. The van der Waals surface area contributed by atoms with Crippen LogP contribution in [0.25, 0.3) is 0 Å². The average Bonchev–Trinajstić information content (AvgIpc) is 2.20. The first-order chi connectivity index (χ1) is 8.50. The van der Waals surface area contributed by atoms with Crippen LogP contribution in [-0.4, -0.2) is 24.8 Å². The zero-order chi connectivity index (χ0) is 15.1. The van der Waals surface area contributed by atoms with E-state index >= 15 is 0 Å². The van der Waals surface area contributed by atoms with Crippen LogP contribution in [0.5, 0.6) is 0 Å². The molecule has 1 rings (SSSR count). The van der Waals surface area contributed by atoms with Gasteiger partial charge in [-0.25, -0.2) is 8.42 Å². The summed E-state index contributed by atoms with van der Waals surface area (Å²) in [5.41, 5.74) is 8.35. The van der Waals surface area contributed by atoms with Crippen molar-refractivity contribution < 1.29 is 73.9 Å². The number of halogens is 3. The zero-order valence-electron chi connectivity index (χ0n) is 9.74. The van der Waals surface area contributed by atoms with Gasteiger partial charge in [0.1, 0.15) is 10.1 Å². The molecule has 0 saturated heterocycles. The van der Waals surface area contributed by atoms with Gasteiger partial charge in [-0.2, -0.15) is 0 Å². The normalized spacial score (nSPS) is 10.8. The summed E-state index contributed by atoms with van der Waals surface area (Å²) >= 11 is 16.8. The van der Waals surface area contributed by atoms with Gasteiger partial charge in [0.25, 0.3) is 11.8 Å². The molecular weight excluding hydrogens is 382 g/mol. The van der Waals surface area contributed by atoms with E-state index in [1.807, 2.05) is 0 Å². The van der Waals surface area contributed by atoms with E-state index in [9.17, 15) is 22.6 Å². The Morgan fingerprint density at radius 2 is 1.30 bits per heavy atom. The van der Waals surface area contributed by atoms with E-state index in [1.165, 1.54) is 0 Å². The second-order valence-corrected chi connectivity index (χ2v) is 5.65. The minimum Gasteiger partial charge on any atom is -0.744 e. The van der Waals surface area contributed by atoms with Crippen molar-refractivity contribution in [3.8, 4) is 0 Å². The van der Waals surface area contributed by atoms with Crippen LogP contribution in [0.15, 0.2) is 4.90 Å². The molecule has 0 bridgehead atoms. The quantitative estimate of drug-likeness (QED) is 0.343. The third-order valence-corrected chi connectivity index (χ3v) is 4.27. The maximum Gasteiger partial charge on any atom is 1.00 e. The monoisotopic (exact) mass is 384 g/mol. The fraction of sp³-hybridized carbons (Fsp3) is 0. The van der Waals surface area contributed by atoms with Crippen molar-refractivity contribution in [3.63, 3.8) is 0 Å². The minimum absolute atomic E-state index is 0. The van der Waals surface area contributed by atoms with Crippen molar-refractivity contribution in [2.75, 3.05) is 0 Å². The van der Waals surface area contributed by atoms with Crippen molar-refractivity contribution >= 4 is 56.7 Å². The molecule has 104 valence electrons. The molecule has 0 unspecified atom stereocenters. The Hall–Kier alpha value is 0.576. The number of primary amides is 2. The first kappa shape index (κ1) is 20.6. The zero-order valence-corrected chi connectivity index (χ0v) is 15.9. The van der Waals surface area contributed by atoms with Gasteiger partial charge in [0.05, 0.1) is 31.1 Å². The van der Waals surface area contributed by atoms with Crippen LogP contribution >= 0.6 is 34.8 Å². The van der Waals surface area contributed by atoms with E-state index in [4.69, 9.17) is 46.3 Å². The second kappa shape index (κ2) is 7.23. The molecule has 0 spiro atoms. The van der Waals surface area contributed by atoms with Crippen LogP contribution < -0.4 is 62.9 Å². The van der Waals surface area contributed by atoms with Crippen molar-refractivity contribution in [2.24, 2.45) is 11.5 Å². The molecule has 4 N–H and O–H groups in total. The standard InChI is InChI=1S/C8H5Cl3N2O5S.K/c9-3-1(7(12)14)4(10)5(11)6(19(16,17)18)2(3)8(13)15;/h(H2,12,14)(H2,13,15)(H,16,17,18);/q;+1/p-1. The molecule has 0 aromatic heterocycles. The first-order valence-corrected chi connectivity index (χ1v) is 6.80. The Morgan fingerprint density at radius 3 is 1.60 bits per heavy atom. The van der Waals surface area contributed by atoms with E-state index < -0.39 is 53.0 Å². The van der Waals surface area contributed by atoms with Gasteiger partial charge in [0.15, 0.2) is 0 Å². The largest absolute Gasteiger partial charge is 1.00 e.